The Bertz CT molecular complexity index is 285. The van der Waals surface area contributed by atoms with Crippen LogP contribution in [0.5, 0.6) is 0 Å². The molecule has 0 radical (unpaired) electrons. The standard InChI is InChI=1S/C15H26O2/c1-2-12-4-8-15(16,10-12)13-5-9-17-14(11-13)6-3-7-14/h12-13,16H,2-11H2,1H3. The minimum Gasteiger partial charge on any atom is -0.390 e. The molecule has 3 aliphatic rings. The topological polar surface area (TPSA) is 29.5 Å². The molecule has 0 amide bonds. The van der Waals surface area contributed by atoms with Gasteiger partial charge in [-0.3, -0.25) is 0 Å². The highest BCUT2D eigenvalue weighted by Crippen LogP contribution is 2.51. The van der Waals surface area contributed by atoms with Gasteiger partial charge in [0.25, 0.3) is 0 Å². The lowest BCUT2D eigenvalue weighted by Gasteiger charge is -2.50. The second-order valence-electron chi connectivity index (χ2n) is 6.70. The maximum atomic E-state index is 10.9. The van der Waals surface area contributed by atoms with E-state index in [2.05, 4.69) is 6.92 Å². The molecule has 98 valence electrons. The largest absolute Gasteiger partial charge is 0.390 e. The van der Waals surface area contributed by atoms with Crippen LogP contribution in [0, 0.1) is 11.8 Å². The Morgan fingerprint density at radius 1 is 1.18 bits per heavy atom. The Kier molecular flexibility index (Phi) is 2.99. The molecule has 2 saturated carbocycles. The quantitative estimate of drug-likeness (QED) is 0.800. The van der Waals surface area contributed by atoms with Gasteiger partial charge in [-0.2, -0.15) is 0 Å². The van der Waals surface area contributed by atoms with Crippen LogP contribution in [-0.2, 0) is 4.74 Å². The molecule has 3 fully saturated rings. The fourth-order valence-electron chi connectivity index (χ4n) is 4.28. The fraction of sp³-hybridized carbons (Fsp3) is 1.00. The Labute approximate surface area is 105 Å². The van der Waals surface area contributed by atoms with Crippen molar-refractivity contribution in [3.63, 3.8) is 0 Å². The summed E-state index contributed by atoms with van der Waals surface area (Å²) in [6.45, 7) is 3.14. The molecule has 1 spiro atoms. The van der Waals surface area contributed by atoms with E-state index in [4.69, 9.17) is 4.74 Å². The number of rotatable bonds is 2. The summed E-state index contributed by atoms with van der Waals surface area (Å²) >= 11 is 0. The molecule has 1 heterocycles. The lowest BCUT2D eigenvalue weighted by Crippen LogP contribution is -2.51. The average Bonchev–Trinajstić information content (AvgIpc) is 2.71. The van der Waals surface area contributed by atoms with Crippen LogP contribution in [0.1, 0.15) is 64.7 Å². The van der Waals surface area contributed by atoms with E-state index >= 15 is 0 Å². The highest BCUT2D eigenvalue weighted by atomic mass is 16.5. The van der Waals surface area contributed by atoms with E-state index in [1.165, 1.54) is 32.1 Å². The second kappa shape index (κ2) is 4.24. The van der Waals surface area contributed by atoms with Gasteiger partial charge in [-0.1, -0.05) is 13.3 Å². The van der Waals surface area contributed by atoms with Gasteiger partial charge >= 0.3 is 0 Å². The monoisotopic (exact) mass is 238 g/mol. The molecule has 1 saturated heterocycles. The summed E-state index contributed by atoms with van der Waals surface area (Å²) in [6, 6.07) is 0. The lowest BCUT2D eigenvalue weighted by atomic mass is 9.67. The van der Waals surface area contributed by atoms with Gasteiger partial charge in [0.2, 0.25) is 0 Å². The first-order valence-corrected chi connectivity index (χ1v) is 7.52. The summed E-state index contributed by atoms with van der Waals surface area (Å²) in [7, 11) is 0. The van der Waals surface area contributed by atoms with E-state index in [1.54, 1.807) is 0 Å². The highest BCUT2D eigenvalue weighted by molar-refractivity contribution is 5.02. The zero-order valence-electron chi connectivity index (χ0n) is 11.1. The van der Waals surface area contributed by atoms with Crippen LogP contribution in [0.3, 0.4) is 0 Å². The molecule has 3 unspecified atom stereocenters. The SMILES string of the molecule is CCC1CCC(O)(C2CCOC3(CCC3)C2)C1. The molecule has 1 aliphatic heterocycles. The van der Waals surface area contributed by atoms with E-state index < -0.39 is 0 Å². The van der Waals surface area contributed by atoms with Gasteiger partial charge in [-0.25, -0.2) is 0 Å². The minimum atomic E-state index is -0.354. The molecule has 17 heavy (non-hydrogen) atoms. The number of ether oxygens (including phenoxy) is 1. The van der Waals surface area contributed by atoms with Crippen molar-refractivity contribution in [1.29, 1.82) is 0 Å². The van der Waals surface area contributed by atoms with Gasteiger partial charge < -0.3 is 9.84 Å². The van der Waals surface area contributed by atoms with Crippen LogP contribution < -0.4 is 0 Å². The minimum absolute atomic E-state index is 0.183. The van der Waals surface area contributed by atoms with Gasteiger partial charge in [0.05, 0.1) is 11.2 Å². The molecular weight excluding hydrogens is 212 g/mol. The van der Waals surface area contributed by atoms with Crippen molar-refractivity contribution in [1.82, 2.24) is 0 Å². The highest BCUT2D eigenvalue weighted by Gasteiger charge is 2.50. The molecule has 2 heteroatoms. The van der Waals surface area contributed by atoms with Crippen molar-refractivity contribution in [2.75, 3.05) is 6.61 Å². The van der Waals surface area contributed by atoms with Crippen LogP contribution in [-0.4, -0.2) is 22.9 Å². The lowest BCUT2D eigenvalue weighted by molar-refractivity contribution is -0.174. The molecule has 0 aromatic carbocycles. The smallest absolute Gasteiger partial charge is 0.0686 e. The average molecular weight is 238 g/mol. The van der Waals surface area contributed by atoms with Crippen LogP contribution in [0.4, 0.5) is 0 Å². The Morgan fingerprint density at radius 3 is 2.59 bits per heavy atom. The third kappa shape index (κ3) is 2.04. The maximum absolute atomic E-state index is 10.9. The van der Waals surface area contributed by atoms with Crippen LogP contribution in [0.2, 0.25) is 0 Å². The van der Waals surface area contributed by atoms with Crippen molar-refractivity contribution in [2.45, 2.75) is 75.9 Å². The van der Waals surface area contributed by atoms with E-state index in [1.807, 2.05) is 0 Å². The summed E-state index contributed by atoms with van der Waals surface area (Å²) in [6.07, 6.45) is 10.5. The van der Waals surface area contributed by atoms with Crippen LogP contribution in [0.25, 0.3) is 0 Å². The predicted molar refractivity (Wildman–Crippen MR) is 67.8 cm³/mol. The van der Waals surface area contributed by atoms with Gasteiger partial charge in [0, 0.05) is 6.61 Å². The second-order valence-corrected chi connectivity index (χ2v) is 6.70. The van der Waals surface area contributed by atoms with Gasteiger partial charge in [-0.05, 0) is 63.2 Å². The molecular formula is C15H26O2. The fourth-order valence-corrected chi connectivity index (χ4v) is 4.28. The zero-order chi connectivity index (χ0) is 11.9. The van der Waals surface area contributed by atoms with Gasteiger partial charge in [-0.15, -0.1) is 0 Å². The summed E-state index contributed by atoms with van der Waals surface area (Å²) in [5, 5.41) is 10.9. The molecule has 2 aliphatic carbocycles. The van der Waals surface area contributed by atoms with E-state index in [9.17, 15) is 5.11 Å². The molecule has 3 rings (SSSR count). The molecule has 3 atom stereocenters. The zero-order valence-corrected chi connectivity index (χ0v) is 11.1. The summed E-state index contributed by atoms with van der Waals surface area (Å²) in [4.78, 5) is 0. The summed E-state index contributed by atoms with van der Waals surface area (Å²) in [5.74, 6) is 1.27. The molecule has 0 aromatic heterocycles. The number of hydrogen-bond donors (Lipinski definition) is 1. The molecule has 1 N–H and O–H groups in total. The Balaban J connectivity index is 1.67. The first-order chi connectivity index (χ1) is 8.16. The number of hydrogen-bond acceptors (Lipinski definition) is 2. The van der Waals surface area contributed by atoms with E-state index in [-0.39, 0.29) is 11.2 Å². The van der Waals surface area contributed by atoms with E-state index in [0.29, 0.717) is 5.92 Å². The van der Waals surface area contributed by atoms with Crippen molar-refractivity contribution >= 4 is 0 Å². The molecule has 0 bridgehead atoms. The maximum Gasteiger partial charge on any atom is 0.0686 e. The van der Waals surface area contributed by atoms with Crippen molar-refractivity contribution < 1.29 is 9.84 Å². The molecule has 2 nitrogen and oxygen atoms in total. The Morgan fingerprint density at radius 2 is 2.00 bits per heavy atom. The first-order valence-electron chi connectivity index (χ1n) is 7.52. The van der Waals surface area contributed by atoms with Gasteiger partial charge in [0.1, 0.15) is 0 Å². The normalized spacial score (nSPS) is 44.8. The predicted octanol–water partition coefficient (Wildman–Crippen LogP) is 3.28. The van der Waals surface area contributed by atoms with E-state index in [0.717, 1.165) is 38.2 Å². The van der Waals surface area contributed by atoms with Crippen LogP contribution >= 0.6 is 0 Å². The Hall–Kier alpha value is -0.0800. The third-order valence-corrected chi connectivity index (χ3v) is 5.72. The summed E-state index contributed by atoms with van der Waals surface area (Å²) < 4.78 is 5.98. The van der Waals surface area contributed by atoms with Gasteiger partial charge in [0.15, 0.2) is 0 Å². The number of aliphatic hydroxyl groups is 1. The summed E-state index contributed by atoms with van der Waals surface area (Å²) in [5.41, 5.74) is -0.171. The van der Waals surface area contributed by atoms with Crippen LogP contribution in [0.15, 0.2) is 0 Å². The van der Waals surface area contributed by atoms with Crippen molar-refractivity contribution in [3.05, 3.63) is 0 Å². The third-order valence-electron chi connectivity index (χ3n) is 5.72. The first kappa shape index (κ1) is 12.0. The van der Waals surface area contributed by atoms with Crippen molar-refractivity contribution in [2.24, 2.45) is 11.8 Å². The molecule has 0 aromatic rings. The van der Waals surface area contributed by atoms with Crippen molar-refractivity contribution in [3.8, 4) is 0 Å².